The normalized spacial score (nSPS) is 12.4. The van der Waals surface area contributed by atoms with Crippen LogP contribution in [0.25, 0.3) is 0 Å². The Hall–Kier alpha value is -2.20. The van der Waals surface area contributed by atoms with Gasteiger partial charge in [-0.3, -0.25) is 4.79 Å². The first kappa shape index (κ1) is 24.1. The molecule has 0 heterocycles. The second-order valence-electron chi connectivity index (χ2n) is 7.88. The van der Waals surface area contributed by atoms with Crippen LogP contribution in [0.3, 0.4) is 0 Å². The molecule has 0 bridgehead atoms. The lowest BCUT2D eigenvalue weighted by Gasteiger charge is -2.28. The molecular formula is C25H31ClO4. The first-order valence-corrected chi connectivity index (χ1v) is 10.5. The molecule has 2 radical (unpaired) electrons. The molecule has 0 saturated heterocycles. The molecule has 0 fully saturated rings. The number of hydrogen-bond donors (Lipinski definition) is 0. The van der Waals surface area contributed by atoms with Crippen LogP contribution in [-0.4, -0.2) is 31.2 Å². The number of rotatable bonds is 10. The van der Waals surface area contributed by atoms with Crippen molar-refractivity contribution in [3.05, 3.63) is 72.0 Å². The number of halogens is 1. The lowest BCUT2D eigenvalue weighted by atomic mass is 9.77. The van der Waals surface area contributed by atoms with Gasteiger partial charge in [0.1, 0.15) is 24.2 Å². The summed E-state index contributed by atoms with van der Waals surface area (Å²) >= 11 is 5.85. The number of ether oxygens (including phenoxy) is 3. The molecule has 0 aliphatic rings. The zero-order valence-corrected chi connectivity index (χ0v) is 19.2. The molecule has 1 unspecified atom stereocenters. The molecular weight excluding hydrogens is 400 g/mol. The first-order valence-electron chi connectivity index (χ1n) is 10.0. The number of esters is 1. The van der Waals surface area contributed by atoms with Crippen LogP contribution in [-0.2, 0) is 14.9 Å². The van der Waals surface area contributed by atoms with Gasteiger partial charge in [-0.2, -0.15) is 0 Å². The Morgan fingerprint density at radius 1 is 1.07 bits per heavy atom. The van der Waals surface area contributed by atoms with Crippen molar-refractivity contribution >= 4 is 17.6 Å². The zero-order valence-electron chi connectivity index (χ0n) is 18.5. The van der Waals surface area contributed by atoms with E-state index in [2.05, 4.69) is 52.0 Å². The third-order valence-corrected chi connectivity index (χ3v) is 5.42. The van der Waals surface area contributed by atoms with Crippen LogP contribution < -0.4 is 9.47 Å². The van der Waals surface area contributed by atoms with Gasteiger partial charge < -0.3 is 14.2 Å². The molecule has 2 aromatic rings. The topological polar surface area (TPSA) is 44.8 Å². The van der Waals surface area contributed by atoms with E-state index in [9.17, 15) is 4.79 Å². The molecule has 4 nitrogen and oxygen atoms in total. The van der Waals surface area contributed by atoms with E-state index in [4.69, 9.17) is 25.8 Å². The average molecular weight is 431 g/mol. The standard InChI is InChI=1S/C25H31ClO4/c1-7-12-28-23-10-8-20(13-17(23)2)25(5,6)21-9-11-24(18(3)14-21)29-16-22(15-26)30-19(4)27/h7-11,13-14,22H,1,12,15-16H2,2-6H3. The maximum atomic E-state index is 11.1. The number of aryl methyl sites for hydroxylation is 2. The van der Waals surface area contributed by atoms with Gasteiger partial charge in [0, 0.05) is 12.3 Å². The van der Waals surface area contributed by atoms with Gasteiger partial charge in [-0.1, -0.05) is 38.1 Å². The highest BCUT2D eigenvalue weighted by atomic mass is 35.5. The first-order chi connectivity index (χ1) is 14.2. The van der Waals surface area contributed by atoms with Crippen LogP contribution in [0.5, 0.6) is 11.5 Å². The Morgan fingerprint density at radius 3 is 2.03 bits per heavy atom. The summed E-state index contributed by atoms with van der Waals surface area (Å²) in [5.74, 6) is 1.45. The summed E-state index contributed by atoms with van der Waals surface area (Å²) in [7, 11) is 0. The third kappa shape index (κ3) is 6.15. The van der Waals surface area contributed by atoms with Crippen LogP contribution in [0.4, 0.5) is 0 Å². The Morgan fingerprint density at radius 2 is 1.60 bits per heavy atom. The van der Waals surface area contributed by atoms with Gasteiger partial charge in [0.15, 0.2) is 0 Å². The van der Waals surface area contributed by atoms with Gasteiger partial charge in [-0.05, 0) is 61.6 Å². The van der Waals surface area contributed by atoms with Gasteiger partial charge in [-0.25, -0.2) is 0 Å². The fourth-order valence-corrected chi connectivity index (χ4v) is 3.40. The summed E-state index contributed by atoms with van der Waals surface area (Å²) in [5.41, 5.74) is 4.30. The predicted molar refractivity (Wildman–Crippen MR) is 121 cm³/mol. The van der Waals surface area contributed by atoms with E-state index in [1.807, 2.05) is 19.1 Å². The van der Waals surface area contributed by atoms with E-state index in [1.54, 1.807) is 6.42 Å². The molecule has 30 heavy (non-hydrogen) atoms. The molecule has 0 saturated carbocycles. The third-order valence-electron chi connectivity index (χ3n) is 5.08. The quantitative estimate of drug-likeness (QED) is 0.363. The van der Waals surface area contributed by atoms with Crippen molar-refractivity contribution in [2.24, 2.45) is 0 Å². The summed E-state index contributed by atoms with van der Waals surface area (Å²) < 4.78 is 16.7. The number of hydrogen-bond acceptors (Lipinski definition) is 4. The molecule has 0 aliphatic heterocycles. The molecule has 0 aromatic heterocycles. The van der Waals surface area contributed by atoms with E-state index in [0.29, 0.717) is 6.61 Å². The highest BCUT2D eigenvalue weighted by Crippen LogP contribution is 2.36. The summed E-state index contributed by atoms with van der Waals surface area (Å²) in [6.45, 7) is 14.2. The number of carbonyl (C=O) groups excluding carboxylic acids is 1. The van der Waals surface area contributed by atoms with E-state index >= 15 is 0 Å². The fraction of sp³-hybridized carbons (Fsp3) is 0.400. The minimum Gasteiger partial charge on any atom is -0.493 e. The van der Waals surface area contributed by atoms with E-state index in [0.717, 1.165) is 22.6 Å². The van der Waals surface area contributed by atoms with Gasteiger partial charge in [-0.15, -0.1) is 11.6 Å². The average Bonchev–Trinajstić information content (AvgIpc) is 2.70. The second-order valence-corrected chi connectivity index (χ2v) is 8.19. The number of carbonyl (C=O) groups is 1. The van der Waals surface area contributed by atoms with Gasteiger partial charge >= 0.3 is 5.97 Å². The van der Waals surface area contributed by atoms with Crippen molar-refractivity contribution in [1.82, 2.24) is 0 Å². The van der Waals surface area contributed by atoms with Gasteiger partial charge in [0.05, 0.1) is 12.5 Å². The Balaban J connectivity index is 2.17. The zero-order chi connectivity index (χ0) is 22.3. The highest BCUT2D eigenvalue weighted by molar-refractivity contribution is 6.18. The molecule has 162 valence electrons. The van der Waals surface area contributed by atoms with E-state index in [-0.39, 0.29) is 23.9 Å². The summed E-state index contributed by atoms with van der Waals surface area (Å²) in [6.07, 6.45) is 1.27. The minimum absolute atomic E-state index is 0.190. The molecule has 5 heteroatoms. The molecule has 1 atom stereocenters. The van der Waals surface area contributed by atoms with Crippen molar-refractivity contribution in [2.45, 2.75) is 46.1 Å². The fourth-order valence-electron chi connectivity index (χ4n) is 3.24. The summed E-state index contributed by atoms with van der Waals surface area (Å²) in [5, 5.41) is 0. The van der Waals surface area contributed by atoms with Crippen LogP contribution in [0.2, 0.25) is 0 Å². The van der Waals surface area contributed by atoms with Gasteiger partial charge in [0.2, 0.25) is 0 Å². The summed E-state index contributed by atoms with van der Waals surface area (Å²) in [4.78, 5) is 11.1. The van der Waals surface area contributed by atoms with Crippen LogP contribution in [0, 0.1) is 27.2 Å². The maximum absolute atomic E-state index is 11.1. The Kier molecular flexibility index (Phi) is 8.60. The molecule has 0 amide bonds. The lowest BCUT2D eigenvalue weighted by molar-refractivity contribution is -0.146. The van der Waals surface area contributed by atoms with Crippen molar-refractivity contribution < 1.29 is 19.0 Å². The van der Waals surface area contributed by atoms with Crippen molar-refractivity contribution in [3.63, 3.8) is 0 Å². The van der Waals surface area contributed by atoms with Crippen molar-refractivity contribution in [2.75, 3.05) is 19.1 Å². The van der Waals surface area contributed by atoms with E-state index < -0.39 is 6.10 Å². The summed E-state index contributed by atoms with van der Waals surface area (Å²) in [6, 6.07) is 12.5. The monoisotopic (exact) mass is 430 g/mol. The minimum atomic E-state index is -0.468. The largest absolute Gasteiger partial charge is 0.493 e. The second kappa shape index (κ2) is 10.7. The molecule has 0 N–H and O–H groups in total. The van der Waals surface area contributed by atoms with Crippen LogP contribution >= 0.6 is 11.6 Å². The Bertz CT molecular complexity index is 860. The van der Waals surface area contributed by atoms with Crippen molar-refractivity contribution in [3.8, 4) is 11.5 Å². The number of benzene rings is 2. The van der Waals surface area contributed by atoms with Gasteiger partial charge in [0.25, 0.3) is 0 Å². The molecule has 2 rings (SSSR count). The van der Waals surface area contributed by atoms with Crippen LogP contribution in [0.15, 0.2) is 36.4 Å². The van der Waals surface area contributed by atoms with E-state index in [1.165, 1.54) is 18.1 Å². The molecule has 2 aromatic carbocycles. The smallest absolute Gasteiger partial charge is 0.303 e. The molecule has 0 aliphatic carbocycles. The predicted octanol–water partition coefficient (Wildman–Crippen LogP) is 5.60. The maximum Gasteiger partial charge on any atom is 0.303 e. The van der Waals surface area contributed by atoms with Crippen LogP contribution in [0.1, 0.15) is 43.0 Å². The van der Waals surface area contributed by atoms with Crippen molar-refractivity contribution in [1.29, 1.82) is 0 Å². The molecule has 0 spiro atoms. The SMILES string of the molecule is [CH2][CH]COc1ccc(C(C)(C)c2ccc(OCC(CCl)OC(C)=O)c(C)c2)cc1C. The Labute approximate surface area is 185 Å². The lowest BCUT2D eigenvalue weighted by Crippen LogP contribution is -2.26. The number of alkyl halides is 1. The highest BCUT2D eigenvalue weighted by Gasteiger charge is 2.25.